The molecule has 0 saturated heterocycles. The summed E-state index contributed by atoms with van der Waals surface area (Å²) in [7, 11) is 0. The molecule has 1 aromatic rings. The highest BCUT2D eigenvalue weighted by atomic mass is 16.2. The Morgan fingerprint density at radius 1 is 1.16 bits per heavy atom. The molecule has 0 atom stereocenters. The Bertz CT molecular complexity index is 651. The Labute approximate surface area is 113 Å². The summed E-state index contributed by atoms with van der Waals surface area (Å²) in [4.78, 5) is 13.9. The second kappa shape index (κ2) is 4.40. The number of nitrogens with zero attached hydrogens (tertiary/aromatic N) is 2. The van der Waals surface area contributed by atoms with Crippen molar-refractivity contribution in [2.24, 2.45) is 0 Å². The minimum atomic E-state index is -0.278. The number of nitriles is 1. The molecule has 0 saturated carbocycles. The maximum absolute atomic E-state index is 12.3. The van der Waals surface area contributed by atoms with Crippen molar-refractivity contribution < 1.29 is 4.79 Å². The highest BCUT2D eigenvalue weighted by molar-refractivity contribution is 6.16. The summed E-state index contributed by atoms with van der Waals surface area (Å²) in [6.07, 6.45) is 0. The van der Waals surface area contributed by atoms with Gasteiger partial charge in [0.25, 0.3) is 5.91 Å². The van der Waals surface area contributed by atoms with Crippen LogP contribution in [0.4, 0.5) is 5.69 Å². The fraction of sp³-hybridized carbons (Fsp3) is 0.250. The number of anilines is 1. The molecule has 0 radical (unpaired) electrons. The molecule has 0 unspecified atom stereocenters. The number of amides is 1. The van der Waals surface area contributed by atoms with E-state index in [2.05, 4.69) is 6.58 Å². The molecule has 0 N–H and O–H groups in total. The fourth-order valence-corrected chi connectivity index (χ4v) is 2.60. The third-order valence-electron chi connectivity index (χ3n) is 3.47. The number of hydrogen-bond acceptors (Lipinski definition) is 2. The van der Waals surface area contributed by atoms with Crippen LogP contribution in [0.2, 0.25) is 0 Å². The molecular weight excluding hydrogens is 236 g/mol. The number of benzene rings is 1. The number of rotatable bonds is 1. The summed E-state index contributed by atoms with van der Waals surface area (Å²) in [6.45, 7) is 11.7. The zero-order valence-corrected chi connectivity index (χ0v) is 11.7. The van der Waals surface area contributed by atoms with Crippen LogP contribution in [0, 0.1) is 32.1 Å². The molecule has 0 aliphatic carbocycles. The Kier molecular flexibility index (Phi) is 3.03. The van der Waals surface area contributed by atoms with E-state index in [1.165, 1.54) is 0 Å². The fourth-order valence-electron chi connectivity index (χ4n) is 2.60. The zero-order valence-electron chi connectivity index (χ0n) is 11.7. The van der Waals surface area contributed by atoms with Crippen LogP contribution in [0.15, 0.2) is 35.6 Å². The van der Waals surface area contributed by atoms with E-state index in [0.717, 1.165) is 22.4 Å². The summed E-state index contributed by atoms with van der Waals surface area (Å²) in [6, 6.07) is 6.03. The van der Waals surface area contributed by atoms with Gasteiger partial charge >= 0.3 is 0 Å². The maximum atomic E-state index is 12.3. The first-order valence-electron chi connectivity index (χ1n) is 6.11. The Hall–Kier alpha value is -2.34. The van der Waals surface area contributed by atoms with Crippen LogP contribution in [0.5, 0.6) is 0 Å². The van der Waals surface area contributed by atoms with Gasteiger partial charge in [-0.2, -0.15) is 5.26 Å². The van der Waals surface area contributed by atoms with Crippen molar-refractivity contribution in [1.29, 1.82) is 5.26 Å². The van der Waals surface area contributed by atoms with Crippen LogP contribution in [-0.2, 0) is 4.79 Å². The summed E-state index contributed by atoms with van der Waals surface area (Å²) in [5.74, 6) is -0.278. The molecule has 3 nitrogen and oxygen atoms in total. The minimum absolute atomic E-state index is 0.185. The lowest BCUT2D eigenvalue weighted by atomic mass is 10.0. The van der Waals surface area contributed by atoms with E-state index in [1.54, 1.807) is 11.8 Å². The summed E-state index contributed by atoms with van der Waals surface area (Å²) in [5, 5.41) is 9.08. The SMILES string of the molecule is C=C1C(C)=C(C#N)C(=O)N1c1c(C)cc(C)cc1C. The topological polar surface area (TPSA) is 44.1 Å². The van der Waals surface area contributed by atoms with Gasteiger partial charge in [-0.05, 0) is 44.4 Å². The van der Waals surface area contributed by atoms with Crippen molar-refractivity contribution in [2.45, 2.75) is 27.7 Å². The number of allylic oxidation sites excluding steroid dienone is 1. The first-order chi connectivity index (χ1) is 8.88. The van der Waals surface area contributed by atoms with E-state index in [4.69, 9.17) is 5.26 Å². The van der Waals surface area contributed by atoms with Gasteiger partial charge in [0, 0.05) is 5.70 Å². The minimum Gasteiger partial charge on any atom is -0.276 e. The van der Waals surface area contributed by atoms with Crippen LogP contribution in [-0.4, -0.2) is 5.91 Å². The lowest BCUT2D eigenvalue weighted by Crippen LogP contribution is -2.26. The van der Waals surface area contributed by atoms with Gasteiger partial charge in [-0.1, -0.05) is 24.3 Å². The molecular formula is C16H16N2O. The van der Waals surface area contributed by atoms with Crippen LogP contribution in [0.3, 0.4) is 0 Å². The molecule has 0 aromatic heterocycles. The standard InChI is InChI=1S/C16H16N2O/c1-9-6-10(2)15(11(3)7-9)18-13(5)12(4)14(8-17)16(18)19/h6-7H,5H2,1-4H3. The van der Waals surface area contributed by atoms with Crippen LogP contribution >= 0.6 is 0 Å². The predicted molar refractivity (Wildman–Crippen MR) is 75.6 cm³/mol. The number of carbonyl (C=O) groups excluding carboxylic acids is 1. The predicted octanol–water partition coefficient (Wildman–Crippen LogP) is 3.31. The lowest BCUT2D eigenvalue weighted by molar-refractivity contribution is -0.113. The van der Waals surface area contributed by atoms with Crippen LogP contribution in [0.1, 0.15) is 23.6 Å². The lowest BCUT2D eigenvalue weighted by Gasteiger charge is -2.23. The summed E-state index contributed by atoms with van der Waals surface area (Å²) in [5.41, 5.74) is 5.46. The first-order valence-corrected chi connectivity index (χ1v) is 6.11. The van der Waals surface area contributed by atoms with Gasteiger partial charge < -0.3 is 0 Å². The Balaban J connectivity index is 2.62. The van der Waals surface area contributed by atoms with Gasteiger partial charge in [-0.3, -0.25) is 9.69 Å². The van der Waals surface area contributed by atoms with Gasteiger partial charge in [-0.25, -0.2) is 0 Å². The number of aryl methyl sites for hydroxylation is 3. The molecule has 3 heteroatoms. The number of hydrogen-bond donors (Lipinski definition) is 0. The second-order valence-corrected chi connectivity index (χ2v) is 4.95. The van der Waals surface area contributed by atoms with Gasteiger partial charge in [-0.15, -0.1) is 0 Å². The van der Waals surface area contributed by atoms with E-state index in [-0.39, 0.29) is 11.5 Å². The van der Waals surface area contributed by atoms with Crippen molar-refractivity contribution in [2.75, 3.05) is 4.90 Å². The molecule has 96 valence electrons. The monoisotopic (exact) mass is 252 g/mol. The van der Waals surface area contributed by atoms with Crippen molar-refractivity contribution in [3.63, 3.8) is 0 Å². The highest BCUT2D eigenvalue weighted by Gasteiger charge is 2.34. The van der Waals surface area contributed by atoms with Crippen LogP contribution in [0.25, 0.3) is 0 Å². The summed E-state index contributed by atoms with van der Waals surface area (Å²) >= 11 is 0. The largest absolute Gasteiger partial charge is 0.276 e. The third kappa shape index (κ3) is 1.86. The molecule has 1 aliphatic rings. The quantitative estimate of drug-likeness (QED) is 0.769. The van der Waals surface area contributed by atoms with Gasteiger partial charge in [0.1, 0.15) is 11.6 Å². The van der Waals surface area contributed by atoms with Crippen molar-refractivity contribution in [3.8, 4) is 6.07 Å². The molecule has 19 heavy (non-hydrogen) atoms. The average Bonchev–Trinajstić information content (AvgIpc) is 2.52. The molecule has 1 amide bonds. The van der Waals surface area contributed by atoms with Crippen molar-refractivity contribution in [3.05, 3.63) is 52.2 Å². The smallest absolute Gasteiger partial charge is 0.273 e. The summed E-state index contributed by atoms with van der Waals surface area (Å²) < 4.78 is 0. The van der Waals surface area contributed by atoms with Gasteiger partial charge in [0.05, 0.1) is 5.69 Å². The zero-order chi connectivity index (χ0) is 14.3. The average molecular weight is 252 g/mol. The first kappa shape index (κ1) is 13.1. The van der Waals surface area contributed by atoms with E-state index < -0.39 is 0 Å². The molecule has 0 bridgehead atoms. The Morgan fingerprint density at radius 3 is 2.11 bits per heavy atom. The van der Waals surface area contributed by atoms with E-state index in [1.807, 2.05) is 39.0 Å². The van der Waals surface area contributed by atoms with Crippen molar-refractivity contribution >= 4 is 11.6 Å². The molecule has 1 heterocycles. The van der Waals surface area contributed by atoms with Crippen molar-refractivity contribution in [1.82, 2.24) is 0 Å². The molecule has 0 spiro atoms. The highest BCUT2D eigenvalue weighted by Crippen LogP contribution is 2.36. The maximum Gasteiger partial charge on any atom is 0.273 e. The molecule has 1 aromatic carbocycles. The second-order valence-electron chi connectivity index (χ2n) is 4.95. The Morgan fingerprint density at radius 2 is 1.68 bits per heavy atom. The van der Waals surface area contributed by atoms with Gasteiger partial charge in [0.15, 0.2) is 0 Å². The van der Waals surface area contributed by atoms with Gasteiger partial charge in [0.2, 0.25) is 0 Å². The van der Waals surface area contributed by atoms with E-state index in [9.17, 15) is 4.79 Å². The third-order valence-corrected chi connectivity index (χ3v) is 3.47. The van der Waals surface area contributed by atoms with E-state index in [0.29, 0.717) is 11.3 Å². The number of carbonyl (C=O) groups is 1. The van der Waals surface area contributed by atoms with Crippen LogP contribution < -0.4 is 4.90 Å². The van der Waals surface area contributed by atoms with E-state index >= 15 is 0 Å². The normalized spacial score (nSPS) is 15.2. The molecule has 2 rings (SSSR count). The molecule has 1 aliphatic heterocycles. The molecule has 0 fully saturated rings.